The Bertz CT molecular complexity index is 453. The number of hydrogen-bond donors (Lipinski definition) is 0. The van der Waals surface area contributed by atoms with Crippen LogP contribution in [0.2, 0.25) is 0 Å². The highest BCUT2D eigenvalue weighted by atomic mass is 32.2. The van der Waals surface area contributed by atoms with Crippen LogP contribution in [-0.4, -0.2) is 29.7 Å². The summed E-state index contributed by atoms with van der Waals surface area (Å²) in [6.45, 7) is 2.72. The van der Waals surface area contributed by atoms with Gasteiger partial charge in [0.2, 0.25) is 0 Å². The largest absolute Gasteiger partial charge is 0.410 e. The van der Waals surface area contributed by atoms with E-state index in [4.69, 9.17) is 9.15 Å². The monoisotopic (exact) mass is 256 g/mol. The number of methoxy groups -OCH3 is 1. The van der Waals surface area contributed by atoms with E-state index in [1.807, 2.05) is 18.4 Å². The second-order valence-electron chi connectivity index (χ2n) is 3.15. The number of nitrogens with zero attached hydrogens (tertiary/aromatic N) is 2. The lowest BCUT2D eigenvalue weighted by Gasteiger charge is -1.94. The second-order valence-corrected chi connectivity index (χ2v) is 5.11. The summed E-state index contributed by atoms with van der Waals surface area (Å²) in [5, 5.41) is 10.6. The first-order valence-corrected chi connectivity index (χ1v) is 6.67. The molecule has 86 valence electrons. The summed E-state index contributed by atoms with van der Waals surface area (Å²) in [5.41, 5.74) is 1.17. The quantitative estimate of drug-likeness (QED) is 0.608. The highest BCUT2D eigenvalue weighted by Gasteiger charge is 2.11. The number of rotatable bonds is 5. The van der Waals surface area contributed by atoms with Crippen molar-refractivity contribution in [3.05, 3.63) is 17.0 Å². The first-order valence-electron chi connectivity index (χ1n) is 4.81. The molecule has 0 radical (unpaired) electrons. The molecule has 2 heterocycles. The molecule has 4 nitrogen and oxygen atoms in total. The summed E-state index contributed by atoms with van der Waals surface area (Å²) in [6.07, 6.45) is 0. The van der Waals surface area contributed by atoms with Gasteiger partial charge in [0.25, 0.3) is 11.1 Å². The van der Waals surface area contributed by atoms with Crippen molar-refractivity contribution in [2.24, 2.45) is 0 Å². The molecule has 0 aromatic carbocycles. The maximum absolute atomic E-state index is 5.55. The van der Waals surface area contributed by atoms with Gasteiger partial charge in [0.05, 0.1) is 11.5 Å². The van der Waals surface area contributed by atoms with E-state index in [-0.39, 0.29) is 0 Å². The Hall–Kier alpha value is -0.850. The zero-order valence-corrected chi connectivity index (χ0v) is 10.7. The molecule has 0 spiro atoms. The third-order valence-electron chi connectivity index (χ3n) is 1.98. The van der Waals surface area contributed by atoms with Crippen molar-refractivity contribution in [3.63, 3.8) is 0 Å². The molecule has 0 amide bonds. The van der Waals surface area contributed by atoms with Gasteiger partial charge < -0.3 is 9.15 Å². The summed E-state index contributed by atoms with van der Waals surface area (Å²) < 4.78 is 10.5. The molecular formula is C10H12N2O2S2. The van der Waals surface area contributed by atoms with Crippen LogP contribution in [0.1, 0.15) is 5.56 Å². The summed E-state index contributed by atoms with van der Waals surface area (Å²) in [5.74, 6) is 1.43. The number of ether oxygens (including phenoxy) is 1. The fourth-order valence-electron chi connectivity index (χ4n) is 1.16. The van der Waals surface area contributed by atoms with Crippen LogP contribution in [0.25, 0.3) is 10.8 Å². The zero-order chi connectivity index (χ0) is 11.4. The molecule has 2 aromatic rings. The fraction of sp³-hybridized carbons (Fsp3) is 0.400. The highest BCUT2D eigenvalue weighted by molar-refractivity contribution is 7.99. The molecule has 0 aliphatic rings. The predicted octanol–water partition coefficient (Wildman–Crippen LogP) is 2.85. The van der Waals surface area contributed by atoms with Crippen molar-refractivity contribution in [1.29, 1.82) is 0 Å². The minimum absolute atomic E-state index is 0.597. The van der Waals surface area contributed by atoms with E-state index < -0.39 is 0 Å². The molecule has 0 saturated heterocycles. The third kappa shape index (κ3) is 2.63. The average molecular weight is 256 g/mol. The van der Waals surface area contributed by atoms with Crippen molar-refractivity contribution < 1.29 is 9.15 Å². The maximum atomic E-state index is 5.55. The number of thioether (sulfide) groups is 1. The Morgan fingerprint density at radius 2 is 2.38 bits per heavy atom. The molecule has 2 rings (SSSR count). The van der Waals surface area contributed by atoms with Gasteiger partial charge in [-0.1, -0.05) is 11.8 Å². The lowest BCUT2D eigenvalue weighted by molar-refractivity contribution is 0.218. The second kappa shape index (κ2) is 5.47. The Kier molecular flexibility index (Phi) is 3.98. The van der Waals surface area contributed by atoms with Gasteiger partial charge in [-0.15, -0.1) is 21.5 Å². The molecule has 0 fully saturated rings. The molecule has 0 unspecified atom stereocenters. The lowest BCUT2D eigenvalue weighted by atomic mass is 10.3. The molecule has 0 N–H and O–H groups in total. The molecule has 0 aliphatic carbocycles. The summed E-state index contributed by atoms with van der Waals surface area (Å²) in [7, 11) is 1.68. The van der Waals surface area contributed by atoms with Crippen LogP contribution in [0.15, 0.2) is 21.1 Å². The zero-order valence-electron chi connectivity index (χ0n) is 9.10. The molecule has 2 aromatic heterocycles. The Labute approximate surface area is 102 Å². The van der Waals surface area contributed by atoms with Crippen molar-refractivity contribution >= 4 is 23.1 Å². The van der Waals surface area contributed by atoms with E-state index in [9.17, 15) is 0 Å². The van der Waals surface area contributed by atoms with Gasteiger partial charge in [-0.25, -0.2) is 0 Å². The highest BCUT2D eigenvalue weighted by Crippen LogP contribution is 2.29. The number of aromatic nitrogens is 2. The van der Waals surface area contributed by atoms with E-state index >= 15 is 0 Å². The maximum Gasteiger partial charge on any atom is 0.276 e. The van der Waals surface area contributed by atoms with Crippen LogP contribution in [-0.2, 0) is 4.74 Å². The van der Waals surface area contributed by atoms with E-state index in [1.54, 1.807) is 18.4 Å². The summed E-state index contributed by atoms with van der Waals surface area (Å²) >= 11 is 3.12. The van der Waals surface area contributed by atoms with Crippen LogP contribution in [0, 0.1) is 6.92 Å². The summed E-state index contributed by atoms with van der Waals surface area (Å²) in [6, 6.07) is 2.04. The van der Waals surface area contributed by atoms with Crippen molar-refractivity contribution in [3.8, 4) is 10.8 Å². The standard InChI is InChI=1S/C10H12N2O2S2/c1-7-3-5-15-8(7)9-11-12-10(14-9)16-6-4-13-2/h3,5H,4,6H2,1-2H3. The first kappa shape index (κ1) is 11.6. The minimum Gasteiger partial charge on any atom is -0.410 e. The lowest BCUT2D eigenvalue weighted by Crippen LogP contribution is -1.90. The van der Waals surface area contributed by atoms with E-state index in [0.717, 1.165) is 10.6 Å². The van der Waals surface area contributed by atoms with Gasteiger partial charge in [-0.05, 0) is 23.9 Å². The van der Waals surface area contributed by atoms with Crippen LogP contribution in [0.3, 0.4) is 0 Å². The first-order chi connectivity index (χ1) is 7.81. The van der Waals surface area contributed by atoms with Gasteiger partial charge >= 0.3 is 0 Å². The van der Waals surface area contributed by atoms with E-state index in [1.165, 1.54) is 17.3 Å². The smallest absolute Gasteiger partial charge is 0.276 e. The van der Waals surface area contributed by atoms with Crippen LogP contribution in [0.5, 0.6) is 0 Å². The van der Waals surface area contributed by atoms with Crippen molar-refractivity contribution in [2.75, 3.05) is 19.5 Å². The molecule has 16 heavy (non-hydrogen) atoms. The topological polar surface area (TPSA) is 48.2 Å². The molecule has 0 atom stereocenters. The summed E-state index contributed by atoms with van der Waals surface area (Å²) in [4.78, 5) is 1.05. The van der Waals surface area contributed by atoms with E-state index in [0.29, 0.717) is 17.7 Å². The Morgan fingerprint density at radius 1 is 1.50 bits per heavy atom. The Morgan fingerprint density at radius 3 is 3.06 bits per heavy atom. The predicted molar refractivity (Wildman–Crippen MR) is 64.9 cm³/mol. The van der Waals surface area contributed by atoms with Gasteiger partial charge in [0.1, 0.15) is 0 Å². The molecular weight excluding hydrogens is 244 g/mol. The fourth-order valence-corrected chi connectivity index (χ4v) is 2.67. The Balaban J connectivity index is 2.05. The van der Waals surface area contributed by atoms with Crippen LogP contribution < -0.4 is 0 Å². The average Bonchev–Trinajstić information content (AvgIpc) is 2.87. The number of hydrogen-bond acceptors (Lipinski definition) is 6. The normalized spacial score (nSPS) is 10.9. The van der Waals surface area contributed by atoms with Crippen LogP contribution >= 0.6 is 23.1 Å². The molecule has 0 bridgehead atoms. The van der Waals surface area contributed by atoms with Crippen molar-refractivity contribution in [2.45, 2.75) is 12.1 Å². The van der Waals surface area contributed by atoms with Crippen LogP contribution in [0.4, 0.5) is 0 Å². The van der Waals surface area contributed by atoms with Gasteiger partial charge in [-0.3, -0.25) is 0 Å². The molecule has 0 saturated carbocycles. The molecule has 6 heteroatoms. The van der Waals surface area contributed by atoms with Gasteiger partial charge in [0, 0.05) is 12.9 Å². The van der Waals surface area contributed by atoms with Gasteiger partial charge in [0.15, 0.2) is 0 Å². The van der Waals surface area contributed by atoms with Crippen molar-refractivity contribution in [1.82, 2.24) is 10.2 Å². The molecule has 0 aliphatic heterocycles. The minimum atomic E-state index is 0.597. The SMILES string of the molecule is COCCSc1nnc(-c2sccc2C)o1. The number of aryl methyl sites for hydroxylation is 1. The van der Waals surface area contributed by atoms with Gasteiger partial charge in [-0.2, -0.15) is 0 Å². The number of thiophene rings is 1. The third-order valence-corrected chi connectivity index (χ3v) is 3.76. The van der Waals surface area contributed by atoms with E-state index in [2.05, 4.69) is 10.2 Å².